The molecule has 0 unspecified atom stereocenters. The summed E-state index contributed by atoms with van der Waals surface area (Å²) in [6.07, 6.45) is 2.17. The van der Waals surface area contributed by atoms with Crippen LogP contribution in [0.4, 0.5) is 0 Å². The van der Waals surface area contributed by atoms with Crippen LogP contribution in [0.5, 0.6) is 0 Å². The van der Waals surface area contributed by atoms with Gasteiger partial charge in [0.2, 0.25) is 5.91 Å². The van der Waals surface area contributed by atoms with Crippen LogP contribution in [0.3, 0.4) is 0 Å². The third-order valence-electron chi connectivity index (χ3n) is 3.39. The van der Waals surface area contributed by atoms with Gasteiger partial charge in [0.25, 0.3) is 0 Å². The van der Waals surface area contributed by atoms with E-state index in [1.54, 1.807) is 0 Å². The molecule has 1 amide bonds. The summed E-state index contributed by atoms with van der Waals surface area (Å²) in [5.41, 5.74) is 5.15. The van der Waals surface area contributed by atoms with E-state index in [0.29, 0.717) is 37.6 Å². The van der Waals surface area contributed by atoms with E-state index in [2.05, 4.69) is 6.92 Å². The predicted octanol–water partition coefficient (Wildman–Crippen LogP) is 1.33. The summed E-state index contributed by atoms with van der Waals surface area (Å²) in [6.45, 7) is 6.64. The first kappa shape index (κ1) is 14.4. The molecule has 2 N–H and O–H groups in total. The second-order valence-electron chi connectivity index (χ2n) is 4.44. The molecule has 0 saturated carbocycles. The molecule has 4 nitrogen and oxygen atoms in total. The Balaban J connectivity index is 2.89. The largest absolute Gasteiger partial charge is 0.392 e. The lowest BCUT2D eigenvalue weighted by molar-refractivity contribution is -0.142. The van der Waals surface area contributed by atoms with E-state index in [1.165, 1.54) is 0 Å². The van der Waals surface area contributed by atoms with Crippen LogP contribution >= 0.6 is 12.2 Å². The highest BCUT2D eigenvalue weighted by atomic mass is 32.1. The molecule has 98 valence electrons. The van der Waals surface area contributed by atoms with Crippen LogP contribution in [0.15, 0.2) is 0 Å². The monoisotopic (exact) mass is 258 g/mol. The number of rotatable bonds is 5. The maximum absolute atomic E-state index is 12.6. The van der Waals surface area contributed by atoms with Gasteiger partial charge in [-0.2, -0.15) is 0 Å². The minimum Gasteiger partial charge on any atom is -0.392 e. The normalized spacial score (nSPS) is 18.7. The Bertz CT molecular complexity index is 288. The fourth-order valence-electron chi connectivity index (χ4n) is 2.26. The van der Waals surface area contributed by atoms with Gasteiger partial charge in [0.1, 0.15) is 5.41 Å². The second kappa shape index (κ2) is 6.31. The molecule has 0 aliphatic carbocycles. The zero-order valence-corrected chi connectivity index (χ0v) is 11.5. The van der Waals surface area contributed by atoms with E-state index in [1.807, 2.05) is 11.8 Å². The van der Waals surface area contributed by atoms with E-state index in [0.717, 1.165) is 13.0 Å². The molecule has 0 aromatic carbocycles. The number of nitrogens with two attached hydrogens (primary N) is 1. The van der Waals surface area contributed by atoms with Crippen LogP contribution in [0.25, 0.3) is 0 Å². The quantitative estimate of drug-likeness (QED) is 0.756. The molecule has 1 fully saturated rings. The highest BCUT2D eigenvalue weighted by Gasteiger charge is 2.44. The van der Waals surface area contributed by atoms with E-state index >= 15 is 0 Å². The Morgan fingerprint density at radius 3 is 2.41 bits per heavy atom. The van der Waals surface area contributed by atoms with E-state index in [4.69, 9.17) is 22.7 Å². The van der Waals surface area contributed by atoms with E-state index in [-0.39, 0.29) is 5.91 Å². The summed E-state index contributed by atoms with van der Waals surface area (Å²) >= 11 is 5.13. The number of hydrogen-bond donors (Lipinski definition) is 1. The molecule has 0 aromatic rings. The highest BCUT2D eigenvalue weighted by molar-refractivity contribution is 7.80. The van der Waals surface area contributed by atoms with Gasteiger partial charge in [-0.15, -0.1) is 0 Å². The molecule has 1 saturated heterocycles. The number of thiocarbonyl (C=S) groups is 1. The van der Waals surface area contributed by atoms with Gasteiger partial charge in [0, 0.05) is 26.3 Å². The van der Waals surface area contributed by atoms with Crippen molar-refractivity contribution in [2.45, 2.75) is 33.1 Å². The minimum atomic E-state index is -0.668. The molecule has 1 rings (SSSR count). The molecular formula is C12H22N2O2S. The van der Waals surface area contributed by atoms with Gasteiger partial charge in [-0.1, -0.05) is 19.1 Å². The summed E-state index contributed by atoms with van der Waals surface area (Å²) in [7, 11) is 0. The second-order valence-corrected chi connectivity index (χ2v) is 4.88. The van der Waals surface area contributed by atoms with Gasteiger partial charge in [0.05, 0.1) is 4.99 Å². The lowest BCUT2D eigenvalue weighted by atomic mass is 9.78. The van der Waals surface area contributed by atoms with Crippen molar-refractivity contribution in [3.05, 3.63) is 0 Å². The highest BCUT2D eigenvalue weighted by Crippen LogP contribution is 2.33. The summed E-state index contributed by atoms with van der Waals surface area (Å²) in [6, 6.07) is 0. The number of amides is 1. The molecule has 1 aliphatic rings. The average Bonchev–Trinajstić information content (AvgIpc) is 2.35. The van der Waals surface area contributed by atoms with Crippen molar-refractivity contribution in [2.24, 2.45) is 11.1 Å². The summed E-state index contributed by atoms with van der Waals surface area (Å²) in [5.74, 6) is 0.0812. The van der Waals surface area contributed by atoms with Gasteiger partial charge in [-0.25, -0.2) is 0 Å². The summed E-state index contributed by atoms with van der Waals surface area (Å²) in [5, 5.41) is 0. The fourth-order valence-corrected chi connectivity index (χ4v) is 2.55. The topological polar surface area (TPSA) is 55.6 Å². The van der Waals surface area contributed by atoms with Crippen LogP contribution in [0.2, 0.25) is 0 Å². The Morgan fingerprint density at radius 2 is 2.00 bits per heavy atom. The van der Waals surface area contributed by atoms with Crippen molar-refractivity contribution in [1.29, 1.82) is 0 Å². The van der Waals surface area contributed by atoms with Gasteiger partial charge in [-0.3, -0.25) is 4.79 Å². The smallest absolute Gasteiger partial charge is 0.235 e. The third-order valence-corrected chi connectivity index (χ3v) is 3.78. The van der Waals surface area contributed by atoms with Gasteiger partial charge < -0.3 is 15.4 Å². The molecule has 0 aromatic heterocycles. The van der Waals surface area contributed by atoms with Crippen molar-refractivity contribution in [2.75, 3.05) is 26.3 Å². The number of carbonyl (C=O) groups is 1. The Hall–Kier alpha value is -0.680. The fraction of sp³-hybridized carbons (Fsp3) is 0.833. The van der Waals surface area contributed by atoms with Crippen LogP contribution in [-0.4, -0.2) is 42.1 Å². The van der Waals surface area contributed by atoms with Gasteiger partial charge in [-0.05, 0) is 26.2 Å². The zero-order valence-electron chi connectivity index (χ0n) is 10.7. The molecule has 1 aliphatic heterocycles. The SMILES string of the molecule is CCCN(CC)C(=O)C1(C(N)=S)CCOCC1. The van der Waals surface area contributed by atoms with Crippen LogP contribution in [0, 0.1) is 5.41 Å². The number of ether oxygens (including phenoxy) is 1. The minimum absolute atomic E-state index is 0.0812. The Labute approximate surface area is 108 Å². The zero-order chi connectivity index (χ0) is 12.9. The maximum atomic E-state index is 12.6. The van der Waals surface area contributed by atoms with Crippen molar-refractivity contribution in [3.63, 3.8) is 0 Å². The predicted molar refractivity (Wildman–Crippen MR) is 71.8 cm³/mol. The van der Waals surface area contributed by atoms with Crippen LogP contribution in [-0.2, 0) is 9.53 Å². The van der Waals surface area contributed by atoms with Crippen molar-refractivity contribution in [1.82, 2.24) is 4.90 Å². The standard InChI is InChI=1S/C12H22N2O2S/c1-3-7-14(4-2)11(15)12(10(13)17)5-8-16-9-6-12/h3-9H2,1-2H3,(H2,13,17). The number of nitrogens with zero attached hydrogens (tertiary/aromatic N) is 1. The molecular weight excluding hydrogens is 236 g/mol. The Morgan fingerprint density at radius 1 is 1.41 bits per heavy atom. The summed E-state index contributed by atoms with van der Waals surface area (Å²) < 4.78 is 5.31. The first-order valence-electron chi connectivity index (χ1n) is 6.25. The number of carbonyl (C=O) groups excluding carboxylic acids is 1. The van der Waals surface area contributed by atoms with Gasteiger partial charge >= 0.3 is 0 Å². The molecule has 1 heterocycles. The molecule has 0 atom stereocenters. The molecule has 5 heteroatoms. The van der Waals surface area contributed by atoms with Crippen molar-refractivity contribution in [3.8, 4) is 0 Å². The van der Waals surface area contributed by atoms with Crippen molar-refractivity contribution < 1.29 is 9.53 Å². The van der Waals surface area contributed by atoms with Crippen molar-refractivity contribution >= 4 is 23.1 Å². The molecule has 0 radical (unpaired) electrons. The first-order chi connectivity index (χ1) is 8.08. The molecule has 17 heavy (non-hydrogen) atoms. The molecule has 0 bridgehead atoms. The average molecular weight is 258 g/mol. The van der Waals surface area contributed by atoms with E-state index in [9.17, 15) is 4.79 Å². The van der Waals surface area contributed by atoms with E-state index < -0.39 is 5.41 Å². The maximum Gasteiger partial charge on any atom is 0.235 e. The lowest BCUT2D eigenvalue weighted by Crippen LogP contribution is -2.53. The first-order valence-corrected chi connectivity index (χ1v) is 6.66. The third kappa shape index (κ3) is 2.96. The van der Waals surface area contributed by atoms with Crippen LogP contribution < -0.4 is 5.73 Å². The Kier molecular flexibility index (Phi) is 5.33. The number of hydrogen-bond acceptors (Lipinski definition) is 3. The van der Waals surface area contributed by atoms with Crippen LogP contribution in [0.1, 0.15) is 33.1 Å². The molecule has 0 spiro atoms. The summed E-state index contributed by atoms with van der Waals surface area (Å²) in [4.78, 5) is 14.8. The van der Waals surface area contributed by atoms with Gasteiger partial charge in [0.15, 0.2) is 0 Å². The lowest BCUT2D eigenvalue weighted by Gasteiger charge is -2.38.